The fourth-order valence-electron chi connectivity index (χ4n) is 2.14. The molecule has 0 fully saturated rings. The predicted octanol–water partition coefficient (Wildman–Crippen LogP) is 3.51. The number of aliphatic hydroxyl groups is 1. The van der Waals surface area contributed by atoms with E-state index in [1.807, 2.05) is 6.07 Å². The smallest absolute Gasteiger partial charge is 0.164 e. The van der Waals surface area contributed by atoms with E-state index in [9.17, 15) is 5.11 Å². The van der Waals surface area contributed by atoms with Crippen LogP contribution >= 0.6 is 15.9 Å². The van der Waals surface area contributed by atoms with E-state index < -0.39 is 6.10 Å². The zero-order chi connectivity index (χ0) is 13.9. The molecule has 1 aromatic carbocycles. The molecule has 0 saturated heterocycles. The second-order valence-corrected chi connectivity index (χ2v) is 5.55. The zero-order valence-electron chi connectivity index (χ0n) is 11.6. The molecule has 0 bridgehead atoms. The summed E-state index contributed by atoms with van der Waals surface area (Å²) in [6.07, 6.45) is 0.200. The summed E-state index contributed by atoms with van der Waals surface area (Å²) in [6, 6.07) is 1.89. The van der Waals surface area contributed by atoms with Crippen molar-refractivity contribution in [1.82, 2.24) is 0 Å². The van der Waals surface area contributed by atoms with Gasteiger partial charge in [0.05, 0.1) is 20.3 Å². The van der Waals surface area contributed by atoms with Gasteiger partial charge in [-0.2, -0.15) is 0 Å². The molecule has 0 saturated carbocycles. The molecule has 1 N–H and O–H groups in total. The van der Waals surface area contributed by atoms with Gasteiger partial charge in [-0.1, -0.05) is 29.8 Å². The summed E-state index contributed by atoms with van der Waals surface area (Å²) in [7, 11) is 3.27. The van der Waals surface area contributed by atoms with Crippen LogP contribution in [0, 0.1) is 0 Å². The maximum absolute atomic E-state index is 9.63. The van der Waals surface area contributed by atoms with E-state index in [0.717, 1.165) is 21.3 Å². The molecule has 1 unspecified atom stereocenters. The number of ether oxygens (including phenoxy) is 2. The number of aliphatic hydroxyl groups excluding tert-OH is 1. The van der Waals surface area contributed by atoms with E-state index in [1.165, 1.54) is 0 Å². The summed E-state index contributed by atoms with van der Waals surface area (Å²) in [6.45, 7) is 6.00. The highest BCUT2D eigenvalue weighted by Crippen LogP contribution is 2.42. The van der Waals surface area contributed by atoms with E-state index in [2.05, 4.69) is 29.8 Å². The average molecular weight is 317 g/mol. The lowest BCUT2D eigenvalue weighted by Crippen LogP contribution is -2.10. The minimum atomic E-state index is -0.392. The molecule has 0 spiro atoms. The van der Waals surface area contributed by atoms with Gasteiger partial charge in [0.15, 0.2) is 11.5 Å². The van der Waals surface area contributed by atoms with Crippen molar-refractivity contribution in [2.45, 2.75) is 39.2 Å². The first-order valence-corrected chi connectivity index (χ1v) is 6.82. The summed E-state index contributed by atoms with van der Waals surface area (Å²) in [4.78, 5) is 0. The Balaban J connectivity index is 3.48. The van der Waals surface area contributed by atoms with Gasteiger partial charge in [-0.15, -0.1) is 0 Å². The molecule has 0 radical (unpaired) electrons. The standard InChI is InChI=1S/C14H21BrO3/c1-8(2)13-10(6-9(3)16)11(15)7-12(17-4)14(13)18-5/h7-9,16H,6H2,1-5H3. The molecule has 0 heterocycles. The lowest BCUT2D eigenvalue weighted by atomic mass is 9.92. The molecule has 4 heteroatoms. The highest BCUT2D eigenvalue weighted by Gasteiger charge is 2.21. The van der Waals surface area contributed by atoms with Crippen molar-refractivity contribution in [3.05, 3.63) is 21.7 Å². The van der Waals surface area contributed by atoms with E-state index in [1.54, 1.807) is 21.1 Å². The minimum Gasteiger partial charge on any atom is -0.493 e. The number of methoxy groups -OCH3 is 2. The summed E-state index contributed by atoms with van der Waals surface area (Å²) in [5, 5.41) is 9.63. The SMILES string of the molecule is COc1cc(Br)c(CC(C)O)c(C(C)C)c1OC. The monoisotopic (exact) mass is 316 g/mol. The molecule has 0 aliphatic heterocycles. The van der Waals surface area contributed by atoms with Crippen LogP contribution in [0.1, 0.15) is 37.8 Å². The third-order valence-electron chi connectivity index (χ3n) is 2.84. The summed E-state index contributed by atoms with van der Waals surface area (Å²) in [5.41, 5.74) is 2.17. The van der Waals surface area contributed by atoms with Crippen molar-refractivity contribution in [1.29, 1.82) is 0 Å². The first kappa shape index (κ1) is 15.3. The van der Waals surface area contributed by atoms with Gasteiger partial charge < -0.3 is 14.6 Å². The third kappa shape index (κ3) is 3.18. The maximum atomic E-state index is 9.63. The number of hydrogen-bond donors (Lipinski definition) is 1. The Morgan fingerprint density at radius 3 is 2.22 bits per heavy atom. The van der Waals surface area contributed by atoms with Crippen LogP contribution in [0.5, 0.6) is 11.5 Å². The highest BCUT2D eigenvalue weighted by atomic mass is 79.9. The predicted molar refractivity (Wildman–Crippen MR) is 76.7 cm³/mol. The van der Waals surface area contributed by atoms with Gasteiger partial charge in [-0.3, -0.25) is 0 Å². The Morgan fingerprint density at radius 2 is 1.83 bits per heavy atom. The zero-order valence-corrected chi connectivity index (χ0v) is 13.2. The Kier molecular flexibility index (Phi) is 5.47. The molecule has 18 heavy (non-hydrogen) atoms. The largest absolute Gasteiger partial charge is 0.493 e. The molecule has 0 aromatic heterocycles. The molecule has 1 rings (SSSR count). The summed E-state index contributed by atoms with van der Waals surface area (Å²) >= 11 is 3.55. The van der Waals surface area contributed by atoms with Crippen LogP contribution in [0.2, 0.25) is 0 Å². The van der Waals surface area contributed by atoms with Crippen molar-refractivity contribution < 1.29 is 14.6 Å². The van der Waals surface area contributed by atoms with E-state index in [-0.39, 0.29) is 0 Å². The highest BCUT2D eigenvalue weighted by molar-refractivity contribution is 9.10. The van der Waals surface area contributed by atoms with E-state index in [0.29, 0.717) is 18.1 Å². The summed E-state index contributed by atoms with van der Waals surface area (Å²) in [5.74, 6) is 1.76. The van der Waals surface area contributed by atoms with Gasteiger partial charge in [0.1, 0.15) is 0 Å². The Labute approximate surface area is 117 Å². The molecule has 102 valence electrons. The van der Waals surface area contributed by atoms with Crippen LogP contribution in [0.3, 0.4) is 0 Å². The van der Waals surface area contributed by atoms with Crippen molar-refractivity contribution in [2.75, 3.05) is 14.2 Å². The lowest BCUT2D eigenvalue weighted by Gasteiger charge is -2.21. The summed E-state index contributed by atoms with van der Waals surface area (Å²) < 4.78 is 11.8. The Hall–Kier alpha value is -0.740. The first-order valence-electron chi connectivity index (χ1n) is 6.03. The van der Waals surface area contributed by atoms with Crippen LogP contribution in [-0.2, 0) is 6.42 Å². The van der Waals surface area contributed by atoms with Gasteiger partial charge in [0.25, 0.3) is 0 Å². The first-order chi connectivity index (χ1) is 8.42. The van der Waals surface area contributed by atoms with E-state index in [4.69, 9.17) is 9.47 Å². The van der Waals surface area contributed by atoms with Gasteiger partial charge in [-0.05, 0) is 30.9 Å². The minimum absolute atomic E-state index is 0.292. The van der Waals surface area contributed by atoms with Crippen LogP contribution in [0.4, 0.5) is 0 Å². The number of rotatable bonds is 5. The van der Waals surface area contributed by atoms with Gasteiger partial charge in [0.2, 0.25) is 0 Å². The normalized spacial score (nSPS) is 12.7. The topological polar surface area (TPSA) is 38.7 Å². The Bertz CT molecular complexity index is 414. The van der Waals surface area contributed by atoms with Crippen molar-refractivity contribution in [3.8, 4) is 11.5 Å². The third-order valence-corrected chi connectivity index (χ3v) is 3.55. The maximum Gasteiger partial charge on any atom is 0.164 e. The fourth-order valence-corrected chi connectivity index (χ4v) is 2.73. The van der Waals surface area contributed by atoms with Crippen LogP contribution in [-0.4, -0.2) is 25.4 Å². The van der Waals surface area contributed by atoms with Crippen molar-refractivity contribution >= 4 is 15.9 Å². The lowest BCUT2D eigenvalue weighted by molar-refractivity contribution is 0.194. The molecular formula is C14H21BrO3. The number of hydrogen-bond acceptors (Lipinski definition) is 3. The molecule has 0 aliphatic carbocycles. The quantitative estimate of drug-likeness (QED) is 0.903. The second-order valence-electron chi connectivity index (χ2n) is 4.69. The molecule has 1 atom stereocenters. The van der Waals surface area contributed by atoms with E-state index >= 15 is 0 Å². The van der Waals surface area contributed by atoms with Gasteiger partial charge in [0, 0.05) is 10.0 Å². The Morgan fingerprint density at radius 1 is 1.22 bits per heavy atom. The number of benzene rings is 1. The molecular weight excluding hydrogens is 296 g/mol. The van der Waals surface area contributed by atoms with Gasteiger partial charge >= 0.3 is 0 Å². The second kappa shape index (κ2) is 6.43. The number of halogens is 1. The molecule has 1 aromatic rings. The average Bonchev–Trinajstić information content (AvgIpc) is 2.29. The van der Waals surface area contributed by atoms with Crippen LogP contribution < -0.4 is 9.47 Å². The van der Waals surface area contributed by atoms with Crippen LogP contribution in [0.15, 0.2) is 10.5 Å². The van der Waals surface area contributed by atoms with Crippen molar-refractivity contribution in [2.24, 2.45) is 0 Å². The van der Waals surface area contributed by atoms with Gasteiger partial charge in [-0.25, -0.2) is 0 Å². The molecule has 3 nitrogen and oxygen atoms in total. The molecule has 0 amide bonds. The fraction of sp³-hybridized carbons (Fsp3) is 0.571. The van der Waals surface area contributed by atoms with Crippen molar-refractivity contribution in [3.63, 3.8) is 0 Å². The molecule has 0 aliphatic rings. The van der Waals surface area contributed by atoms with Crippen LogP contribution in [0.25, 0.3) is 0 Å².